The van der Waals surface area contributed by atoms with Crippen LogP contribution in [-0.4, -0.2) is 41.3 Å². The highest BCUT2D eigenvalue weighted by Crippen LogP contribution is 2.18. The predicted molar refractivity (Wildman–Crippen MR) is 212 cm³/mol. The van der Waals surface area contributed by atoms with Gasteiger partial charge in [-0.2, -0.15) is 0 Å². The van der Waals surface area contributed by atoms with Crippen molar-refractivity contribution < 1.29 is 19.5 Å². The smallest absolute Gasteiger partial charge is 0.326 e. The number of unbranched alkanes of at least 4 members (excludes halogenated alkanes) is 28. The Morgan fingerprint density at radius 3 is 1.16 bits per heavy atom. The molecule has 0 aromatic rings. The van der Waals surface area contributed by atoms with Crippen LogP contribution in [0.5, 0.6) is 0 Å². The van der Waals surface area contributed by atoms with Gasteiger partial charge in [-0.25, -0.2) is 4.79 Å². The van der Waals surface area contributed by atoms with Crippen LogP contribution in [0.4, 0.5) is 0 Å². The van der Waals surface area contributed by atoms with Gasteiger partial charge in [0.1, 0.15) is 11.8 Å². The van der Waals surface area contributed by atoms with Gasteiger partial charge in [-0.3, -0.25) is 14.6 Å². The molecule has 0 saturated carbocycles. The molecule has 0 aromatic heterocycles. The number of carboxylic acid groups (broad SMARTS) is 1. The zero-order chi connectivity index (χ0) is 36.9. The number of Topliss-reactive ketones (excluding diaryl/α,β-unsaturated/α-hetero) is 1. The third-order valence-corrected chi connectivity index (χ3v) is 10.1. The number of carbonyl (C=O) groups excluding carboxylic acids is 2. The molecule has 50 heavy (non-hydrogen) atoms. The lowest BCUT2D eigenvalue weighted by atomic mass is 9.92. The van der Waals surface area contributed by atoms with E-state index in [4.69, 9.17) is 11.5 Å². The summed E-state index contributed by atoms with van der Waals surface area (Å²) in [7, 11) is 0. The molecule has 0 saturated heterocycles. The van der Waals surface area contributed by atoms with E-state index < -0.39 is 17.9 Å². The van der Waals surface area contributed by atoms with Crippen molar-refractivity contribution in [2.45, 2.75) is 232 Å². The van der Waals surface area contributed by atoms with Gasteiger partial charge in [0.2, 0.25) is 5.91 Å². The largest absolute Gasteiger partial charge is 0.480 e. The number of guanidine groups is 1. The van der Waals surface area contributed by atoms with Crippen molar-refractivity contribution in [3.8, 4) is 0 Å². The Morgan fingerprint density at radius 2 is 0.840 bits per heavy atom. The van der Waals surface area contributed by atoms with Crippen molar-refractivity contribution in [1.29, 1.82) is 0 Å². The van der Waals surface area contributed by atoms with Crippen molar-refractivity contribution in [3.63, 3.8) is 0 Å². The molecule has 0 aliphatic carbocycles. The van der Waals surface area contributed by atoms with Crippen molar-refractivity contribution in [2.75, 3.05) is 6.54 Å². The molecular formula is C42H82N4O4. The van der Waals surface area contributed by atoms with Crippen LogP contribution in [0, 0.1) is 5.92 Å². The first-order valence-electron chi connectivity index (χ1n) is 21.4. The molecule has 6 N–H and O–H groups in total. The first-order chi connectivity index (χ1) is 24.3. The van der Waals surface area contributed by atoms with Crippen LogP contribution in [0.1, 0.15) is 226 Å². The number of nitrogens with one attached hydrogen (secondary N) is 1. The summed E-state index contributed by atoms with van der Waals surface area (Å²) in [4.78, 5) is 41.8. The summed E-state index contributed by atoms with van der Waals surface area (Å²) in [5.41, 5.74) is 11.1. The first kappa shape index (κ1) is 47.9. The van der Waals surface area contributed by atoms with Gasteiger partial charge in [0.25, 0.3) is 0 Å². The fraction of sp³-hybridized carbons (Fsp3) is 0.905. The molecule has 0 radical (unpaired) electrons. The molecule has 8 heteroatoms. The topological polar surface area (TPSA) is 148 Å². The third kappa shape index (κ3) is 33.0. The van der Waals surface area contributed by atoms with Crippen LogP contribution < -0.4 is 16.8 Å². The fourth-order valence-corrected chi connectivity index (χ4v) is 6.83. The maximum absolute atomic E-state index is 13.1. The van der Waals surface area contributed by atoms with Crippen molar-refractivity contribution in [3.05, 3.63) is 0 Å². The van der Waals surface area contributed by atoms with E-state index in [-0.39, 0.29) is 30.6 Å². The molecule has 0 aliphatic heterocycles. The lowest BCUT2D eigenvalue weighted by molar-refractivity contribution is -0.142. The second-order valence-corrected chi connectivity index (χ2v) is 15.0. The zero-order valence-electron chi connectivity index (χ0n) is 33.0. The molecule has 0 aromatic carbocycles. The number of rotatable bonds is 39. The number of hydrogen-bond acceptors (Lipinski definition) is 4. The summed E-state index contributed by atoms with van der Waals surface area (Å²) in [5.74, 6) is -2.21. The van der Waals surface area contributed by atoms with E-state index in [1.807, 2.05) is 0 Å². The number of ketones is 1. The number of aliphatic carboxylic acids is 1. The van der Waals surface area contributed by atoms with Crippen molar-refractivity contribution >= 4 is 23.6 Å². The van der Waals surface area contributed by atoms with Crippen molar-refractivity contribution in [2.24, 2.45) is 22.4 Å². The van der Waals surface area contributed by atoms with E-state index in [0.717, 1.165) is 38.5 Å². The van der Waals surface area contributed by atoms with Gasteiger partial charge < -0.3 is 21.9 Å². The van der Waals surface area contributed by atoms with Crippen LogP contribution in [0.25, 0.3) is 0 Å². The van der Waals surface area contributed by atoms with E-state index in [1.165, 1.54) is 154 Å². The number of hydrogen-bond donors (Lipinski definition) is 4. The lowest BCUT2D eigenvalue weighted by Gasteiger charge is -2.20. The Hall–Kier alpha value is -2.12. The normalized spacial score (nSPS) is 12.4. The highest BCUT2D eigenvalue weighted by atomic mass is 16.4. The molecular weight excluding hydrogens is 624 g/mol. The average molecular weight is 707 g/mol. The van der Waals surface area contributed by atoms with Gasteiger partial charge in [-0.05, 0) is 19.3 Å². The number of carboxylic acids is 1. The Bertz CT molecular complexity index is 831. The van der Waals surface area contributed by atoms with Crippen LogP contribution >= 0.6 is 0 Å². The maximum atomic E-state index is 13.1. The minimum atomic E-state index is -1.14. The van der Waals surface area contributed by atoms with Gasteiger partial charge >= 0.3 is 5.97 Å². The second kappa shape index (κ2) is 36.7. The molecule has 294 valence electrons. The molecule has 0 heterocycles. The molecule has 0 aliphatic rings. The molecule has 1 amide bonds. The zero-order valence-corrected chi connectivity index (χ0v) is 33.0. The molecule has 8 nitrogen and oxygen atoms in total. The summed E-state index contributed by atoms with van der Waals surface area (Å²) in [6.45, 7) is 4.56. The molecule has 0 rings (SSSR count). The quantitative estimate of drug-likeness (QED) is 0.0284. The Balaban J connectivity index is 4.17. The van der Waals surface area contributed by atoms with Crippen LogP contribution in [-0.2, 0) is 14.4 Å². The van der Waals surface area contributed by atoms with Gasteiger partial charge in [0.05, 0.1) is 6.54 Å². The van der Waals surface area contributed by atoms with E-state index in [2.05, 4.69) is 24.2 Å². The van der Waals surface area contributed by atoms with E-state index in [9.17, 15) is 19.5 Å². The Morgan fingerprint density at radius 1 is 0.520 bits per heavy atom. The number of carbonyl (C=O) groups is 3. The van der Waals surface area contributed by atoms with Gasteiger partial charge in [-0.15, -0.1) is 0 Å². The predicted octanol–water partition coefficient (Wildman–Crippen LogP) is 10.9. The number of nitrogens with two attached hydrogens (primary N) is 2. The van der Waals surface area contributed by atoms with Crippen LogP contribution in [0.3, 0.4) is 0 Å². The standard InChI is InChI=1S/C42H82N4O4/c1-3-5-7-9-11-13-15-17-19-21-23-25-27-29-31-33-39(47)37(36-45-42(43)44)35-38(41(49)50)46-40(48)34-32-30-28-26-24-22-20-18-16-14-12-10-8-6-4-2/h37-38H,3-36H2,1-2H3,(H,46,48)(H,49,50)(H4,43,44,45)/t37?,38-/m0/s1. The van der Waals surface area contributed by atoms with E-state index in [1.54, 1.807) is 0 Å². The monoisotopic (exact) mass is 707 g/mol. The van der Waals surface area contributed by atoms with E-state index in [0.29, 0.717) is 12.8 Å². The number of aliphatic imine (C=N–C) groups is 1. The third-order valence-electron chi connectivity index (χ3n) is 10.1. The SMILES string of the molecule is CCCCCCCCCCCCCCCCCC(=O)N[C@@H](CC(CN=C(N)N)C(=O)CCCCCCCCCCCCCCCCC)C(=O)O. The highest BCUT2D eigenvalue weighted by molar-refractivity contribution is 5.86. The lowest BCUT2D eigenvalue weighted by Crippen LogP contribution is -2.43. The van der Waals surface area contributed by atoms with Crippen molar-refractivity contribution in [1.82, 2.24) is 5.32 Å². The minimum Gasteiger partial charge on any atom is -0.480 e. The first-order valence-corrected chi connectivity index (χ1v) is 21.4. The Kier molecular flexibility index (Phi) is 35.1. The Labute approximate surface area is 308 Å². The summed E-state index contributed by atoms with van der Waals surface area (Å²) in [6.07, 6.45) is 38.3. The van der Waals surface area contributed by atoms with Crippen LogP contribution in [0.15, 0.2) is 4.99 Å². The summed E-state index contributed by atoms with van der Waals surface area (Å²) >= 11 is 0. The molecule has 0 bridgehead atoms. The average Bonchev–Trinajstić information content (AvgIpc) is 3.09. The maximum Gasteiger partial charge on any atom is 0.326 e. The summed E-state index contributed by atoms with van der Waals surface area (Å²) in [6, 6.07) is -1.14. The minimum absolute atomic E-state index is 0.00567. The molecule has 0 spiro atoms. The number of amides is 1. The highest BCUT2D eigenvalue weighted by Gasteiger charge is 2.28. The summed E-state index contributed by atoms with van der Waals surface area (Å²) in [5, 5.41) is 12.5. The van der Waals surface area contributed by atoms with Crippen LogP contribution in [0.2, 0.25) is 0 Å². The van der Waals surface area contributed by atoms with E-state index >= 15 is 0 Å². The second-order valence-electron chi connectivity index (χ2n) is 15.0. The molecule has 0 fully saturated rings. The molecule has 2 atom stereocenters. The van der Waals surface area contributed by atoms with Gasteiger partial charge in [0, 0.05) is 18.8 Å². The summed E-state index contributed by atoms with van der Waals surface area (Å²) < 4.78 is 0. The van der Waals surface area contributed by atoms with Gasteiger partial charge in [0.15, 0.2) is 5.96 Å². The molecule has 1 unspecified atom stereocenters. The van der Waals surface area contributed by atoms with Gasteiger partial charge in [-0.1, -0.05) is 194 Å². The fourth-order valence-electron chi connectivity index (χ4n) is 6.83. The number of nitrogens with zero attached hydrogens (tertiary/aromatic N) is 1.